The summed E-state index contributed by atoms with van der Waals surface area (Å²) in [6, 6.07) is 13.2. The molecule has 0 saturated carbocycles. The van der Waals surface area contributed by atoms with Gasteiger partial charge in [-0.3, -0.25) is 13.9 Å². The summed E-state index contributed by atoms with van der Waals surface area (Å²) in [6.45, 7) is 5.80. The molecule has 7 nitrogen and oxygen atoms in total. The summed E-state index contributed by atoms with van der Waals surface area (Å²) in [5, 5.41) is 3.36. The average Bonchev–Trinajstić information content (AvgIpc) is 2.79. The molecule has 0 unspecified atom stereocenters. The van der Waals surface area contributed by atoms with Crippen LogP contribution in [-0.4, -0.2) is 50.5 Å². The molecule has 1 atom stereocenters. The maximum Gasteiger partial charge on any atom is 0.244 e. The van der Waals surface area contributed by atoms with Gasteiger partial charge >= 0.3 is 0 Å². The number of nitrogens with zero attached hydrogens (tertiary/aromatic N) is 2. The normalized spacial score (nSPS) is 12.2. The zero-order valence-corrected chi connectivity index (χ0v) is 21.1. The molecule has 0 aliphatic heterocycles. The smallest absolute Gasteiger partial charge is 0.244 e. The molecular formula is C24H32ClN3O4S. The Labute approximate surface area is 201 Å². The van der Waals surface area contributed by atoms with E-state index in [4.69, 9.17) is 11.6 Å². The fourth-order valence-corrected chi connectivity index (χ4v) is 4.25. The number of amides is 2. The van der Waals surface area contributed by atoms with Crippen LogP contribution in [-0.2, 0) is 32.6 Å². The van der Waals surface area contributed by atoms with Crippen LogP contribution in [0.25, 0.3) is 0 Å². The number of anilines is 1. The Morgan fingerprint density at radius 3 is 2.09 bits per heavy atom. The number of hydrogen-bond donors (Lipinski definition) is 1. The highest BCUT2D eigenvalue weighted by Gasteiger charge is 2.29. The molecule has 2 aromatic rings. The summed E-state index contributed by atoms with van der Waals surface area (Å²) < 4.78 is 26.2. The van der Waals surface area contributed by atoms with E-state index in [1.54, 1.807) is 43.3 Å². The Hall–Kier alpha value is -2.58. The third kappa shape index (κ3) is 7.75. The highest BCUT2D eigenvalue weighted by Crippen LogP contribution is 2.20. The predicted octanol–water partition coefficient (Wildman–Crippen LogP) is 3.61. The predicted molar refractivity (Wildman–Crippen MR) is 133 cm³/mol. The zero-order chi connectivity index (χ0) is 24.6. The minimum absolute atomic E-state index is 0.142. The second-order valence-electron chi connectivity index (χ2n) is 7.90. The molecule has 0 radical (unpaired) electrons. The number of sulfonamides is 1. The van der Waals surface area contributed by atoms with Crippen LogP contribution in [0.3, 0.4) is 0 Å². The van der Waals surface area contributed by atoms with Crippen LogP contribution >= 0.6 is 11.6 Å². The van der Waals surface area contributed by atoms with Gasteiger partial charge in [-0.2, -0.15) is 0 Å². The fraction of sp³-hybridized carbons (Fsp3) is 0.417. The van der Waals surface area contributed by atoms with Gasteiger partial charge in [0.25, 0.3) is 0 Å². The molecule has 1 N–H and O–H groups in total. The molecule has 9 heteroatoms. The van der Waals surface area contributed by atoms with Crippen LogP contribution in [0, 0.1) is 0 Å². The topological polar surface area (TPSA) is 86.8 Å². The van der Waals surface area contributed by atoms with E-state index in [1.165, 1.54) is 4.90 Å². The number of aryl methyl sites for hydroxylation is 1. The lowest BCUT2D eigenvalue weighted by atomic mass is 10.1. The number of hydrogen-bond acceptors (Lipinski definition) is 4. The lowest BCUT2D eigenvalue weighted by molar-refractivity contribution is -0.139. The highest BCUT2D eigenvalue weighted by molar-refractivity contribution is 7.92. The number of benzene rings is 2. The molecule has 2 rings (SSSR count). The molecule has 180 valence electrons. The number of carbonyl (C=O) groups is 2. The summed E-state index contributed by atoms with van der Waals surface area (Å²) in [5.41, 5.74) is 2.24. The largest absolute Gasteiger partial charge is 0.354 e. The molecule has 2 aromatic carbocycles. The average molecular weight is 494 g/mol. The quantitative estimate of drug-likeness (QED) is 0.518. The van der Waals surface area contributed by atoms with Gasteiger partial charge in [0.05, 0.1) is 11.9 Å². The highest BCUT2D eigenvalue weighted by atomic mass is 35.5. The molecule has 0 fully saturated rings. The lowest BCUT2D eigenvalue weighted by Crippen LogP contribution is -2.51. The first-order valence-corrected chi connectivity index (χ1v) is 13.2. The third-order valence-corrected chi connectivity index (χ3v) is 6.69. The summed E-state index contributed by atoms with van der Waals surface area (Å²) >= 11 is 5.97. The van der Waals surface area contributed by atoms with E-state index in [0.717, 1.165) is 34.5 Å². The maximum atomic E-state index is 13.4. The molecular weight excluding hydrogens is 462 g/mol. The van der Waals surface area contributed by atoms with Crippen LogP contribution < -0.4 is 9.62 Å². The van der Waals surface area contributed by atoms with Gasteiger partial charge in [-0.1, -0.05) is 49.7 Å². The molecule has 33 heavy (non-hydrogen) atoms. The van der Waals surface area contributed by atoms with Crippen molar-refractivity contribution in [1.29, 1.82) is 0 Å². The molecule has 0 aromatic heterocycles. The Balaban J connectivity index is 2.34. The van der Waals surface area contributed by atoms with Crippen molar-refractivity contribution in [3.8, 4) is 0 Å². The van der Waals surface area contributed by atoms with Gasteiger partial charge in [0.1, 0.15) is 12.6 Å². The molecule has 0 bridgehead atoms. The number of carbonyl (C=O) groups excluding carboxylic acids is 2. The molecule has 0 spiro atoms. The van der Waals surface area contributed by atoms with Crippen molar-refractivity contribution in [1.82, 2.24) is 10.2 Å². The molecule has 0 aliphatic rings. The molecule has 2 amide bonds. The zero-order valence-electron chi connectivity index (χ0n) is 19.5. The van der Waals surface area contributed by atoms with E-state index in [9.17, 15) is 18.0 Å². The Kier molecular flexibility index (Phi) is 9.73. The second-order valence-corrected chi connectivity index (χ2v) is 10.2. The van der Waals surface area contributed by atoms with Crippen LogP contribution in [0.2, 0.25) is 5.02 Å². The van der Waals surface area contributed by atoms with Crippen molar-refractivity contribution in [3.63, 3.8) is 0 Å². The van der Waals surface area contributed by atoms with Gasteiger partial charge in [-0.15, -0.1) is 0 Å². The van der Waals surface area contributed by atoms with E-state index in [2.05, 4.69) is 5.32 Å². The van der Waals surface area contributed by atoms with Gasteiger partial charge < -0.3 is 10.2 Å². The maximum absolute atomic E-state index is 13.4. The lowest BCUT2D eigenvalue weighted by Gasteiger charge is -2.31. The van der Waals surface area contributed by atoms with E-state index in [0.29, 0.717) is 17.3 Å². The van der Waals surface area contributed by atoms with Crippen molar-refractivity contribution >= 4 is 39.1 Å². The van der Waals surface area contributed by atoms with E-state index >= 15 is 0 Å². The first-order valence-electron chi connectivity index (χ1n) is 10.9. The van der Waals surface area contributed by atoms with E-state index in [-0.39, 0.29) is 12.5 Å². The van der Waals surface area contributed by atoms with Crippen molar-refractivity contribution in [3.05, 3.63) is 64.7 Å². The van der Waals surface area contributed by atoms with Gasteiger partial charge in [0.2, 0.25) is 21.8 Å². The Bertz CT molecular complexity index is 1040. The summed E-state index contributed by atoms with van der Waals surface area (Å²) in [5.74, 6) is -0.772. The van der Waals surface area contributed by atoms with E-state index < -0.39 is 28.5 Å². The molecule has 0 aliphatic carbocycles. The van der Waals surface area contributed by atoms with Crippen molar-refractivity contribution in [2.45, 2.75) is 46.2 Å². The summed E-state index contributed by atoms with van der Waals surface area (Å²) in [4.78, 5) is 27.5. The standard InChI is InChI=1S/C24H32ClN3O4S/c1-5-15-26-24(30)18(3)27(16-20-7-11-21(25)12-8-20)23(29)17-28(33(4,31)32)22-13-9-19(6-2)10-14-22/h7-14,18H,5-6,15-17H2,1-4H3,(H,26,30)/t18-/m1/s1. The van der Waals surface area contributed by atoms with Gasteiger partial charge in [-0.25, -0.2) is 8.42 Å². The summed E-state index contributed by atoms with van der Waals surface area (Å²) in [6.07, 6.45) is 2.64. The van der Waals surface area contributed by atoms with Gasteiger partial charge in [-0.05, 0) is 55.2 Å². The Morgan fingerprint density at radius 2 is 1.58 bits per heavy atom. The third-order valence-electron chi connectivity index (χ3n) is 5.29. The van der Waals surface area contributed by atoms with Crippen molar-refractivity contribution in [2.75, 3.05) is 23.7 Å². The monoisotopic (exact) mass is 493 g/mol. The molecule has 0 saturated heterocycles. The first kappa shape index (κ1) is 26.7. The first-order chi connectivity index (χ1) is 15.6. The number of halogens is 1. The number of rotatable bonds is 11. The minimum Gasteiger partial charge on any atom is -0.354 e. The minimum atomic E-state index is -3.74. The van der Waals surface area contributed by atoms with E-state index in [1.807, 2.05) is 26.0 Å². The van der Waals surface area contributed by atoms with Gasteiger partial charge in [0, 0.05) is 18.1 Å². The van der Waals surface area contributed by atoms with Crippen LogP contribution in [0.1, 0.15) is 38.3 Å². The summed E-state index contributed by atoms with van der Waals surface area (Å²) in [7, 11) is -3.74. The SMILES string of the molecule is CCCNC(=O)[C@@H](C)N(Cc1ccc(Cl)cc1)C(=O)CN(c1ccc(CC)cc1)S(C)(=O)=O. The van der Waals surface area contributed by atoms with Crippen LogP contribution in [0.5, 0.6) is 0 Å². The van der Waals surface area contributed by atoms with Crippen molar-refractivity contribution < 1.29 is 18.0 Å². The van der Waals surface area contributed by atoms with Crippen LogP contribution in [0.15, 0.2) is 48.5 Å². The molecule has 0 heterocycles. The van der Waals surface area contributed by atoms with Crippen molar-refractivity contribution in [2.24, 2.45) is 0 Å². The second kappa shape index (κ2) is 12.0. The van der Waals surface area contributed by atoms with Gasteiger partial charge in [0.15, 0.2) is 0 Å². The Morgan fingerprint density at radius 1 is 1.00 bits per heavy atom. The number of nitrogens with one attached hydrogen (secondary N) is 1. The van der Waals surface area contributed by atoms with Crippen LogP contribution in [0.4, 0.5) is 5.69 Å². The fourth-order valence-electron chi connectivity index (χ4n) is 3.28.